The minimum atomic E-state index is -4.70. The van der Waals surface area contributed by atoms with Crippen LogP contribution in [0.5, 0.6) is 0 Å². The second-order valence-corrected chi connectivity index (χ2v) is 12.5. The number of ketones is 1. The molecule has 0 aromatic heterocycles. The van der Waals surface area contributed by atoms with E-state index >= 15 is 0 Å². The topological polar surface area (TPSA) is 37.3 Å². The van der Waals surface area contributed by atoms with Crippen molar-refractivity contribution in [1.82, 2.24) is 0 Å². The molecule has 0 amide bonds. The number of fused-ring (bicyclic) bond motifs is 5. The lowest BCUT2D eigenvalue weighted by molar-refractivity contribution is -0.171. The van der Waals surface area contributed by atoms with Crippen molar-refractivity contribution >= 4 is 5.78 Å². The van der Waals surface area contributed by atoms with Gasteiger partial charge >= 0.3 is 6.18 Å². The van der Waals surface area contributed by atoms with Crippen molar-refractivity contribution in [1.29, 1.82) is 0 Å². The molecule has 0 heterocycles. The van der Waals surface area contributed by atoms with Gasteiger partial charge in [-0.25, -0.2) is 0 Å². The molecular weight excluding hydrogens is 401 g/mol. The number of aliphatic hydroxyl groups is 1. The molecule has 2 nitrogen and oxygen atoms in total. The summed E-state index contributed by atoms with van der Waals surface area (Å²) in [6.07, 6.45) is 5.38. The zero-order valence-corrected chi connectivity index (χ0v) is 19.7. The summed E-state index contributed by atoms with van der Waals surface area (Å²) in [7, 11) is 0. The van der Waals surface area contributed by atoms with E-state index in [1.54, 1.807) is 0 Å². The van der Waals surface area contributed by atoms with E-state index in [2.05, 4.69) is 20.8 Å². The molecule has 4 fully saturated rings. The minimum absolute atomic E-state index is 0.162. The van der Waals surface area contributed by atoms with E-state index in [-0.39, 0.29) is 17.8 Å². The van der Waals surface area contributed by atoms with Crippen LogP contribution in [0, 0.1) is 46.3 Å². The highest BCUT2D eigenvalue weighted by Gasteiger charge is 2.61. The van der Waals surface area contributed by atoms with Crippen LogP contribution in [0.2, 0.25) is 0 Å². The summed E-state index contributed by atoms with van der Waals surface area (Å²) in [4.78, 5) is 11.4. The molecule has 9 atom stereocenters. The van der Waals surface area contributed by atoms with E-state index in [0.29, 0.717) is 29.6 Å². The molecule has 178 valence electrons. The molecule has 0 aromatic rings. The normalized spacial score (nSPS) is 48.5. The van der Waals surface area contributed by atoms with Gasteiger partial charge < -0.3 is 5.11 Å². The third kappa shape index (κ3) is 3.99. The van der Waals surface area contributed by atoms with Crippen LogP contribution in [0.15, 0.2) is 0 Å². The quantitative estimate of drug-likeness (QED) is 0.512. The summed E-state index contributed by atoms with van der Waals surface area (Å²) >= 11 is 0. The van der Waals surface area contributed by atoms with Crippen molar-refractivity contribution in [2.45, 2.75) is 110 Å². The van der Waals surface area contributed by atoms with Gasteiger partial charge in [-0.05, 0) is 117 Å². The molecule has 0 radical (unpaired) electrons. The van der Waals surface area contributed by atoms with Gasteiger partial charge in [-0.2, -0.15) is 13.2 Å². The zero-order valence-electron chi connectivity index (χ0n) is 19.7. The average Bonchev–Trinajstić information content (AvgIpc) is 3.02. The van der Waals surface area contributed by atoms with Crippen LogP contribution in [-0.4, -0.2) is 22.7 Å². The van der Waals surface area contributed by atoms with Gasteiger partial charge in [0.15, 0.2) is 0 Å². The van der Waals surface area contributed by atoms with Gasteiger partial charge in [-0.3, -0.25) is 4.79 Å². The van der Waals surface area contributed by atoms with Crippen LogP contribution < -0.4 is 0 Å². The Balaban J connectivity index is 1.46. The predicted molar refractivity (Wildman–Crippen MR) is 115 cm³/mol. The first kappa shape index (κ1) is 23.6. The molecule has 0 saturated heterocycles. The maximum absolute atomic E-state index is 12.7. The Kier molecular flexibility index (Phi) is 5.88. The fourth-order valence-corrected chi connectivity index (χ4v) is 9.11. The smallest absolute Gasteiger partial charge is 0.390 e. The van der Waals surface area contributed by atoms with E-state index in [4.69, 9.17) is 0 Å². The fourth-order valence-electron chi connectivity index (χ4n) is 9.11. The number of alkyl halides is 3. The molecule has 0 spiro atoms. The predicted octanol–water partition coefficient (Wildman–Crippen LogP) is 6.94. The maximum Gasteiger partial charge on any atom is 0.449 e. The van der Waals surface area contributed by atoms with Crippen molar-refractivity contribution in [3.63, 3.8) is 0 Å². The van der Waals surface area contributed by atoms with Crippen molar-refractivity contribution < 1.29 is 23.1 Å². The van der Waals surface area contributed by atoms with Crippen LogP contribution in [-0.2, 0) is 4.79 Å². The molecule has 5 heteroatoms. The van der Waals surface area contributed by atoms with Crippen molar-refractivity contribution in [2.24, 2.45) is 46.3 Å². The standard InChI is InChI=1S/C26H41F3O2/c1-16(5-10-22(30)26(27,28)29)19-8-9-20-18-7-6-17-15-23(2,31)13-14-24(17,3)21(18)11-12-25(19,20)4/h16-21,31H,5-15H2,1-4H3/t16-,17?,18?,19?,20?,21?,23+,24?,25?/m1/s1. The van der Waals surface area contributed by atoms with Crippen molar-refractivity contribution in [3.05, 3.63) is 0 Å². The first-order chi connectivity index (χ1) is 14.3. The van der Waals surface area contributed by atoms with Crippen LogP contribution in [0.1, 0.15) is 98.3 Å². The molecule has 31 heavy (non-hydrogen) atoms. The third-order valence-electron chi connectivity index (χ3n) is 10.9. The zero-order chi connectivity index (χ0) is 22.8. The fraction of sp³-hybridized carbons (Fsp3) is 0.962. The van der Waals surface area contributed by atoms with Gasteiger partial charge in [0, 0.05) is 6.42 Å². The summed E-state index contributed by atoms with van der Waals surface area (Å²) in [6, 6.07) is 0. The molecule has 4 rings (SSSR count). The highest BCUT2D eigenvalue weighted by atomic mass is 19.4. The SMILES string of the molecule is C[C@H](CCC(=O)C(F)(F)F)C1CCC2C3CCC4C[C@@](C)(O)CCC4(C)C3CCC21C. The summed E-state index contributed by atoms with van der Waals surface area (Å²) in [5.41, 5.74) is 0.0163. The number of hydrogen-bond donors (Lipinski definition) is 1. The Morgan fingerprint density at radius 3 is 2.32 bits per heavy atom. The van der Waals surface area contributed by atoms with E-state index in [1.807, 2.05) is 6.92 Å². The minimum Gasteiger partial charge on any atom is -0.390 e. The molecule has 7 unspecified atom stereocenters. The molecule has 0 bridgehead atoms. The number of carbonyl (C=O) groups is 1. The number of carbonyl (C=O) groups excluding carboxylic acids is 1. The number of rotatable bonds is 4. The Bertz CT molecular complexity index is 701. The largest absolute Gasteiger partial charge is 0.449 e. The number of halogens is 3. The van der Waals surface area contributed by atoms with E-state index in [9.17, 15) is 23.1 Å². The van der Waals surface area contributed by atoms with Crippen LogP contribution in [0.3, 0.4) is 0 Å². The Morgan fingerprint density at radius 2 is 1.65 bits per heavy atom. The summed E-state index contributed by atoms with van der Waals surface area (Å²) in [6.45, 7) is 8.98. The first-order valence-electron chi connectivity index (χ1n) is 12.6. The van der Waals surface area contributed by atoms with Crippen LogP contribution >= 0.6 is 0 Å². The third-order valence-corrected chi connectivity index (χ3v) is 10.9. The van der Waals surface area contributed by atoms with Crippen molar-refractivity contribution in [3.8, 4) is 0 Å². The van der Waals surface area contributed by atoms with Gasteiger partial charge in [0.2, 0.25) is 5.78 Å². The van der Waals surface area contributed by atoms with E-state index < -0.39 is 17.6 Å². The molecule has 0 aliphatic heterocycles. The second kappa shape index (κ2) is 7.74. The molecule has 4 saturated carbocycles. The molecule has 4 aliphatic carbocycles. The second-order valence-electron chi connectivity index (χ2n) is 12.5. The maximum atomic E-state index is 12.7. The van der Waals surface area contributed by atoms with Crippen LogP contribution in [0.25, 0.3) is 0 Å². The van der Waals surface area contributed by atoms with Crippen LogP contribution in [0.4, 0.5) is 13.2 Å². The summed E-state index contributed by atoms with van der Waals surface area (Å²) in [5.74, 6) is 1.75. The highest BCUT2D eigenvalue weighted by molar-refractivity contribution is 5.83. The Labute approximate surface area is 185 Å². The Hall–Kier alpha value is -0.580. The van der Waals surface area contributed by atoms with Gasteiger partial charge in [0.05, 0.1) is 5.60 Å². The lowest BCUT2D eigenvalue weighted by Crippen LogP contribution is -2.55. The summed E-state index contributed by atoms with van der Waals surface area (Å²) in [5, 5.41) is 10.7. The van der Waals surface area contributed by atoms with E-state index in [0.717, 1.165) is 37.5 Å². The summed E-state index contributed by atoms with van der Waals surface area (Å²) < 4.78 is 38.0. The monoisotopic (exact) mass is 442 g/mol. The molecular formula is C26H41F3O2. The molecule has 0 aromatic carbocycles. The van der Waals surface area contributed by atoms with Gasteiger partial charge in [0.25, 0.3) is 0 Å². The van der Waals surface area contributed by atoms with Gasteiger partial charge in [-0.1, -0.05) is 20.8 Å². The lowest BCUT2D eigenvalue weighted by atomic mass is 9.43. The number of Topliss-reactive ketones (excluding diaryl/α,β-unsaturated/α-hetero) is 1. The number of hydrogen-bond acceptors (Lipinski definition) is 2. The highest BCUT2D eigenvalue weighted by Crippen LogP contribution is 2.68. The van der Waals surface area contributed by atoms with Crippen molar-refractivity contribution in [2.75, 3.05) is 0 Å². The molecule has 1 N–H and O–H groups in total. The van der Waals surface area contributed by atoms with Gasteiger partial charge in [-0.15, -0.1) is 0 Å². The molecule has 4 aliphatic rings. The lowest BCUT2D eigenvalue weighted by Gasteiger charge is -2.62. The Morgan fingerprint density at radius 1 is 0.968 bits per heavy atom. The van der Waals surface area contributed by atoms with E-state index in [1.165, 1.54) is 32.1 Å². The average molecular weight is 443 g/mol. The first-order valence-corrected chi connectivity index (χ1v) is 12.6. The van der Waals surface area contributed by atoms with Gasteiger partial charge in [0.1, 0.15) is 0 Å².